The molecule has 1 amide bonds. The van der Waals surface area contributed by atoms with Crippen molar-refractivity contribution in [2.24, 2.45) is 0 Å². The van der Waals surface area contributed by atoms with Crippen LogP contribution in [-0.2, 0) is 0 Å². The monoisotopic (exact) mass is 343 g/mol. The second kappa shape index (κ2) is 6.77. The summed E-state index contributed by atoms with van der Waals surface area (Å²) in [4.78, 5) is 20.7. The zero-order valence-corrected chi connectivity index (χ0v) is 13.3. The molecule has 23 heavy (non-hydrogen) atoms. The van der Waals surface area contributed by atoms with E-state index in [9.17, 15) is 4.79 Å². The number of nitrogens with zero attached hydrogens (tertiary/aromatic N) is 2. The van der Waals surface area contributed by atoms with Crippen LogP contribution in [0.4, 0.5) is 5.69 Å². The van der Waals surface area contributed by atoms with Crippen LogP contribution in [0, 0.1) is 0 Å². The average Bonchev–Trinajstić information content (AvgIpc) is 2.59. The maximum Gasteiger partial charge on any atom is 0.255 e. The molecule has 0 atom stereocenters. The van der Waals surface area contributed by atoms with Crippen molar-refractivity contribution in [2.45, 2.75) is 0 Å². The highest BCUT2D eigenvalue weighted by atomic mass is 35.5. The van der Waals surface area contributed by atoms with Gasteiger partial charge in [0.15, 0.2) is 5.82 Å². The molecule has 0 aliphatic heterocycles. The molecular weight excluding hydrogens is 333 g/mol. The van der Waals surface area contributed by atoms with Crippen molar-refractivity contribution in [1.29, 1.82) is 0 Å². The molecule has 0 aliphatic rings. The normalized spacial score (nSPS) is 10.3. The predicted molar refractivity (Wildman–Crippen MR) is 91.9 cm³/mol. The number of hydrogen-bond acceptors (Lipinski definition) is 3. The SMILES string of the molecule is O=C(Nc1cnc(-c2ccccc2)nc1)c1ccc(Cl)c(Cl)c1. The number of amides is 1. The minimum atomic E-state index is -0.306. The van der Waals surface area contributed by atoms with Gasteiger partial charge in [-0.3, -0.25) is 4.79 Å². The second-order valence-corrected chi connectivity index (χ2v) is 5.56. The Bertz CT molecular complexity index is 836. The highest BCUT2D eigenvalue weighted by Gasteiger charge is 2.09. The summed E-state index contributed by atoms with van der Waals surface area (Å²) in [5.74, 6) is 0.290. The van der Waals surface area contributed by atoms with E-state index in [0.29, 0.717) is 27.1 Å². The van der Waals surface area contributed by atoms with Crippen molar-refractivity contribution in [1.82, 2.24) is 9.97 Å². The topological polar surface area (TPSA) is 54.9 Å². The Morgan fingerprint density at radius 2 is 1.61 bits per heavy atom. The Kier molecular flexibility index (Phi) is 4.55. The minimum Gasteiger partial charge on any atom is -0.319 e. The second-order valence-electron chi connectivity index (χ2n) is 4.74. The lowest BCUT2D eigenvalue weighted by Gasteiger charge is -2.06. The summed E-state index contributed by atoms with van der Waals surface area (Å²) in [5.41, 5.74) is 1.82. The van der Waals surface area contributed by atoms with Gasteiger partial charge < -0.3 is 5.32 Å². The summed E-state index contributed by atoms with van der Waals surface area (Å²) < 4.78 is 0. The van der Waals surface area contributed by atoms with E-state index in [-0.39, 0.29) is 5.91 Å². The van der Waals surface area contributed by atoms with E-state index in [1.54, 1.807) is 24.5 Å². The van der Waals surface area contributed by atoms with Gasteiger partial charge in [-0.05, 0) is 18.2 Å². The van der Waals surface area contributed by atoms with Gasteiger partial charge in [0, 0.05) is 11.1 Å². The smallest absolute Gasteiger partial charge is 0.255 e. The van der Waals surface area contributed by atoms with Gasteiger partial charge in [-0.25, -0.2) is 9.97 Å². The van der Waals surface area contributed by atoms with E-state index in [1.807, 2.05) is 30.3 Å². The van der Waals surface area contributed by atoms with Crippen molar-refractivity contribution in [3.63, 3.8) is 0 Å². The summed E-state index contributed by atoms with van der Waals surface area (Å²) in [6, 6.07) is 14.3. The number of rotatable bonds is 3. The lowest BCUT2D eigenvalue weighted by molar-refractivity contribution is 0.102. The lowest BCUT2D eigenvalue weighted by atomic mass is 10.2. The molecule has 4 nitrogen and oxygen atoms in total. The van der Waals surface area contributed by atoms with Gasteiger partial charge in [0.05, 0.1) is 28.1 Å². The molecule has 0 saturated heterocycles. The van der Waals surface area contributed by atoms with Gasteiger partial charge in [0.1, 0.15) is 0 Å². The van der Waals surface area contributed by atoms with Gasteiger partial charge in [-0.15, -0.1) is 0 Å². The Hall–Kier alpha value is -2.43. The fraction of sp³-hybridized carbons (Fsp3) is 0. The number of carbonyl (C=O) groups excluding carboxylic acids is 1. The maximum atomic E-state index is 12.2. The highest BCUT2D eigenvalue weighted by molar-refractivity contribution is 6.42. The van der Waals surface area contributed by atoms with Gasteiger partial charge in [0.2, 0.25) is 0 Å². The molecule has 0 unspecified atom stereocenters. The Morgan fingerprint density at radius 1 is 0.913 bits per heavy atom. The largest absolute Gasteiger partial charge is 0.319 e. The first-order valence-electron chi connectivity index (χ1n) is 6.77. The molecule has 0 bridgehead atoms. The van der Waals surface area contributed by atoms with E-state index in [2.05, 4.69) is 15.3 Å². The molecule has 0 radical (unpaired) electrons. The zero-order chi connectivity index (χ0) is 16.2. The number of anilines is 1. The zero-order valence-electron chi connectivity index (χ0n) is 11.8. The first-order valence-corrected chi connectivity index (χ1v) is 7.53. The number of nitrogens with one attached hydrogen (secondary N) is 1. The first kappa shape index (κ1) is 15.5. The van der Waals surface area contributed by atoms with Crippen LogP contribution in [0.5, 0.6) is 0 Å². The Balaban J connectivity index is 1.75. The summed E-state index contributed by atoms with van der Waals surface area (Å²) in [7, 11) is 0. The van der Waals surface area contributed by atoms with Crippen molar-refractivity contribution in [3.05, 3.63) is 76.5 Å². The van der Waals surface area contributed by atoms with E-state index in [4.69, 9.17) is 23.2 Å². The van der Waals surface area contributed by atoms with E-state index < -0.39 is 0 Å². The van der Waals surface area contributed by atoms with Crippen molar-refractivity contribution in [3.8, 4) is 11.4 Å². The van der Waals surface area contributed by atoms with E-state index >= 15 is 0 Å². The number of benzene rings is 2. The number of halogens is 2. The van der Waals surface area contributed by atoms with Crippen LogP contribution in [0.1, 0.15) is 10.4 Å². The number of carbonyl (C=O) groups is 1. The molecule has 6 heteroatoms. The number of aromatic nitrogens is 2. The van der Waals surface area contributed by atoms with E-state index in [1.165, 1.54) is 6.07 Å². The fourth-order valence-corrected chi connectivity index (χ4v) is 2.27. The third-order valence-corrected chi connectivity index (χ3v) is 3.86. The molecule has 0 aliphatic carbocycles. The molecule has 2 aromatic carbocycles. The Labute approximate surface area is 143 Å². The van der Waals surface area contributed by atoms with Crippen LogP contribution >= 0.6 is 23.2 Å². The molecule has 114 valence electrons. The maximum absolute atomic E-state index is 12.2. The van der Waals surface area contributed by atoms with Crippen molar-refractivity contribution in [2.75, 3.05) is 5.32 Å². The molecule has 1 heterocycles. The Morgan fingerprint density at radius 3 is 2.26 bits per heavy atom. The quantitative estimate of drug-likeness (QED) is 0.749. The highest BCUT2D eigenvalue weighted by Crippen LogP contribution is 2.23. The van der Waals surface area contributed by atoms with Crippen LogP contribution in [0.3, 0.4) is 0 Å². The molecule has 1 aromatic heterocycles. The average molecular weight is 344 g/mol. The van der Waals surface area contributed by atoms with Gasteiger partial charge >= 0.3 is 0 Å². The van der Waals surface area contributed by atoms with Crippen LogP contribution in [0.25, 0.3) is 11.4 Å². The van der Waals surface area contributed by atoms with Crippen LogP contribution in [0.15, 0.2) is 60.9 Å². The van der Waals surface area contributed by atoms with Gasteiger partial charge in [-0.1, -0.05) is 53.5 Å². The van der Waals surface area contributed by atoms with Gasteiger partial charge in [-0.2, -0.15) is 0 Å². The summed E-state index contributed by atoms with van der Waals surface area (Å²) in [6.07, 6.45) is 3.12. The molecule has 3 rings (SSSR count). The predicted octanol–water partition coefficient (Wildman–Crippen LogP) is 4.70. The number of hydrogen-bond donors (Lipinski definition) is 1. The third-order valence-electron chi connectivity index (χ3n) is 3.12. The van der Waals surface area contributed by atoms with E-state index in [0.717, 1.165) is 5.56 Å². The van der Waals surface area contributed by atoms with Crippen LogP contribution in [0.2, 0.25) is 10.0 Å². The lowest BCUT2D eigenvalue weighted by Crippen LogP contribution is -2.12. The summed E-state index contributed by atoms with van der Waals surface area (Å²) in [6.45, 7) is 0. The molecule has 0 saturated carbocycles. The fourth-order valence-electron chi connectivity index (χ4n) is 1.97. The molecular formula is C17H11Cl2N3O. The summed E-state index contributed by atoms with van der Waals surface area (Å²) >= 11 is 11.8. The van der Waals surface area contributed by atoms with Gasteiger partial charge in [0.25, 0.3) is 5.91 Å². The standard InChI is InChI=1S/C17H11Cl2N3O/c18-14-7-6-12(8-15(14)19)17(23)22-13-9-20-16(21-10-13)11-4-2-1-3-5-11/h1-10H,(H,22,23). The molecule has 1 N–H and O–H groups in total. The van der Waals surface area contributed by atoms with Crippen LogP contribution < -0.4 is 5.32 Å². The van der Waals surface area contributed by atoms with Crippen LogP contribution in [-0.4, -0.2) is 15.9 Å². The van der Waals surface area contributed by atoms with Crippen molar-refractivity contribution < 1.29 is 4.79 Å². The molecule has 0 spiro atoms. The van der Waals surface area contributed by atoms with Crippen molar-refractivity contribution >= 4 is 34.8 Å². The molecule has 0 fully saturated rings. The first-order chi connectivity index (χ1) is 11.1. The summed E-state index contributed by atoms with van der Waals surface area (Å²) in [5, 5.41) is 3.45. The minimum absolute atomic E-state index is 0.306. The molecule has 3 aromatic rings. The third kappa shape index (κ3) is 3.67.